The van der Waals surface area contributed by atoms with Gasteiger partial charge in [-0.2, -0.15) is 0 Å². The van der Waals surface area contributed by atoms with E-state index in [1.54, 1.807) is 0 Å². The van der Waals surface area contributed by atoms with Crippen LogP contribution in [0.5, 0.6) is 0 Å². The fraction of sp³-hybridized carbons (Fsp3) is 0.400. The van der Waals surface area contributed by atoms with Gasteiger partial charge in [-0.05, 0) is 31.8 Å². The molecular weight excluding hydrogens is 192 g/mol. The zero-order valence-electron chi connectivity index (χ0n) is 8.92. The highest BCUT2D eigenvalue weighted by molar-refractivity contribution is 6.75. The maximum atomic E-state index is 5.97. The Hall–Kier alpha value is -0.386. The minimum Gasteiger partial charge on any atom is -0.457 e. The van der Waals surface area contributed by atoms with Gasteiger partial charge in [-0.15, -0.1) is 0 Å². The average molecular weight is 210 g/mol. The lowest BCUT2D eigenvalue weighted by Gasteiger charge is -2.18. The molecule has 0 aliphatic heterocycles. The predicted molar refractivity (Wildman–Crippen MR) is 63.8 cm³/mol. The summed E-state index contributed by atoms with van der Waals surface area (Å²) in [5.41, 5.74) is 1.38. The molecule has 0 amide bonds. The summed E-state index contributed by atoms with van der Waals surface area (Å²) in [4.78, 5) is 0. The van der Waals surface area contributed by atoms with Crippen LogP contribution in [0.3, 0.4) is 0 Å². The van der Waals surface area contributed by atoms with E-state index >= 15 is 0 Å². The molecule has 0 bridgehead atoms. The molecule has 0 spiro atoms. The molecular formula is C10H18OSi2. The van der Waals surface area contributed by atoms with Crippen molar-refractivity contribution in [1.82, 2.24) is 0 Å². The van der Waals surface area contributed by atoms with Crippen LogP contribution in [0.15, 0.2) is 24.3 Å². The van der Waals surface area contributed by atoms with Crippen molar-refractivity contribution in [3.05, 3.63) is 29.8 Å². The lowest BCUT2D eigenvalue weighted by atomic mass is 10.2. The summed E-state index contributed by atoms with van der Waals surface area (Å²) < 4.78 is 5.97. The van der Waals surface area contributed by atoms with Crippen LogP contribution in [0.1, 0.15) is 5.56 Å². The molecule has 1 aromatic rings. The van der Waals surface area contributed by atoms with E-state index < -0.39 is 18.1 Å². The zero-order chi connectivity index (χ0) is 9.90. The number of benzene rings is 1. The molecule has 0 saturated carbocycles. The first-order valence-electron chi connectivity index (χ1n) is 4.67. The number of hydrogen-bond donors (Lipinski definition) is 0. The fourth-order valence-corrected chi connectivity index (χ4v) is 4.00. The highest BCUT2D eigenvalue weighted by Gasteiger charge is 2.13. The van der Waals surface area contributed by atoms with Crippen molar-refractivity contribution in [3.63, 3.8) is 0 Å². The van der Waals surface area contributed by atoms with E-state index in [2.05, 4.69) is 50.8 Å². The largest absolute Gasteiger partial charge is 0.457 e. The summed E-state index contributed by atoms with van der Waals surface area (Å²) in [5.74, 6) is 0. The maximum Gasteiger partial charge on any atom is 0.178 e. The third-order valence-electron chi connectivity index (χ3n) is 1.92. The van der Waals surface area contributed by atoms with E-state index in [4.69, 9.17) is 4.12 Å². The minimum atomic E-state index is -1.30. The Balaban J connectivity index is 2.60. The monoisotopic (exact) mass is 210 g/mol. The lowest BCUT2D eigenvalue weighted by Crippen LogP contribution is -2.33. The topological polar surface area (TPSA) is 9.23 Å². The first-order valence-corrected chi connectivity index (χ1v) is 9.37. The Morgan fingerprint density at radius 2 is 1.77 bits per heavy atom. The molecule has 1 rings (SSSR count). The molecule has 0 heterocycles. The van der Waals surface area contributed by atoms with Crippen molar-refractivity contribution in [2.45, 2.75) is 26.6 Å². The van der Waals surface area contributed by atoms with Gasteiger partial charge in [-0.1, -0.05) is 29.8 Å². The molecule has 0 fully saturated rings. The van der Waals surface area contributed by atoms with Crippen LogP contribution in [0.2, 0.25) is 19.6 Å². The van der Waals surface area contributed by atoms with Gasteiger partial charge in [0.2, 0.25) is 0 Å². The van der Waals surface area contributed by atoms with E-state index in [0.717, 1.165) is 0 Å². The summed E-state index contributed by atoms with van der Waals surface area (Å²) in [6, 6.07) is 8.54. The lowest BCUT2D eigenvalue weighted by molar-refractivity contribution is 0.608. The Bertz CT molecular complexity index is 278. The van der Waals surface area contributed by atoms with Crippen molar-refractivity contribution in [2.24, 2.45) is 0 Å². The fourth-order valence-electron chi connectivity index (χ4n) is 1.07. The van der Waals surface area contributed by atoms with E-state index in [9.17, 15) is 0 Å². The Labute approximate surface area is 84.2 Å². The second-order valence-corrected chi connectivity index (χ2v) is 10.8. The molecule has 0 N–H and O–H groups in total. The third kappa shape index (κ3) is 3.89. The first kappa shape index (κ1) is 10.7. The summed E-state index contributed by atoms with van der Waals surface area (Å²) in [7, 11) is -1.78. The molecule has 72 valence electrons. The van der Waals surface area contributed by atoms with E-state index in [-0.39, 0.29) is 0 Å². The molecule has 0 aliphatic carbocycles. The molecule has 0 aliphatic rings. The van der Waals surface area contributed by atoms with Gasteiger partial charge in [-0.25, -0.2) is 0 Å². The molecule has 0 unspecified atom stereocenters. The van der Waals surface area contributed by atoms with Crippen LogP contribution in [0.25, 0.3) is 0 Å². The smallest absolute Gasteiger partial charge is 0.178 e. The van der Waals surface area contributed by atoms with Gasteiger partial charge >= 0.3 is 0 Å². The summed E-state index contributed by atoms with van der Waals surface area (Å²) in [6.07, 6.45) is 0. The molecule has 13 heavy (non-hydrogen) atoms. The van der Waals surface area contributed by atoms with Gasteiger partial charge in [0.25, 0.3) is 0 Å². The van der Waals surface area contributed by atoms with Crippen molar-refractivity contribution in [1.29, 1.82) is 0 Å². The Morgan fingerprint density at radius 3 is 2.31 bits per heavy atom. The van der Waals surface area contributed by atoms with Crippen LogP contribution < -0.4 is 5.19 Å². The molecule has 0 radical (unpaired) electrons. The standard InChI is InChI=1S/C10H18OSi2/c1-9-7-5-6-8-10(9)12-11-13(2,3)4/h5-8H,12H2,1-4H3. The van der Waals surface area contributed by atoms with Crippen LogP contribution in [-0.4, -0.2) is 18.1 Å². The van der Waals surface area contributed by atoms with Crippen LogP contribution in [-0.2, 0) is 4.12 Å². The normalized spacial score (nSPS) is 12.6. The quantitative estimate of drug-likeness (QED) is 0.688. The van der Waals surface area contributed by atoms with E-state index in [1.807, 2.05) is 0 Å². The second-order valence-electron chi connectivity index (χ2n) is 4.33. The molecule has 0 aromatic heterocycles. The van der Waals surface area contributed by atoms with E-state index in [0.29, 0.717) is 0 Å². The Morgan fingerprint density at radius 1 is 1.15 bits per heavy atom. The SMILES string of the molecule is Cc1ccccc1[SiH2]O[Si](C)(C)C. The van der Waals surface area contributed by atoms with Gasteiger partial charge in [0.1, 0.15) is 0 Å². The zero-order valence-corrected chi connectivity index (χ0v) is 11.3. The van der Waals surface area contributed by atoms with Crippen molar-refractivity contribution < 1.29 is 4.12 Å². The molecule has 0 saturated heterocycles. The Kier molecular flexibility index (Phi) is 3.47. The maximum absolute atomic E-state index is 5.97. The van der Waals surface area contributed by atoms with Crippen LogP contribution in [0, 0.1) is 6.92 Å². The molecule has 0 atom stereocenters. The molecule has 3 heteroatoms. The molecule has 1 aromatic carbocycles. The number of aryl methyl sites for hydroxylation is 1. The van der Waals surface area contributed by atoms with Crippen molar-refractivity contribution in [2.75, 3.05) is 0 Å². The van der Waals surface area contributed by atoms with Gasteiger partial charge < -0.3 is 4.12 Å². The highest BCUT2D eigenvalue weighted by atomic mass is 28.4. The third-order valence-corrected chi connectivity index (χ3v) is 7.07. The van der Waals surface area contributed by atoms with Crippen LogP contribution in [0.4, 0.5) is 0 Å². The summed E-state index contributed by atoms with van der Waals surface area (Å²) in [5, 5.41) is 1.45. The van der Waals surface area contributed by atoms with Gasteiger partial charge in [0.15, 0.2) is 18.1 Å². The van der Waals surface area contributed by atoms with Crippen LogP contribution >= 0.6 is 0 Å². The number of rotatable bonds is 3. The molecule has 1 nitrogen and oxygen atoms in total. The van der Waals surface area contributed by atoms with Gasteiger partial charge in [-0.3, -0.25) is 0 Å². The van der Waals surface area contributed by atoms with Gasteiger partial charge in [0.05, 0.1) is 0 Å². The van der Waals surface area contributed by atoms with Crippen molar-refractivity contribution >= 4 is 23.3 Å². The van der Waals surface area contributed by atoms with Gasteiger partial charge in [0, 0.05) is 0 Å². The predicted octanol–water partition coefficient (Wildman–Crippen LogP) is 1.56. The first-order chi connectivity index (χ1) is 5.99. The number of hydrogen-bond acceptors (Lipinski definition) is 1. The average Bonchev–Trinajstić information content (AvgIpc) is 2.01. The summed E-state index contributed by atoms with van der Waals surface area (Å²) >= 11 is 0. The minimum absolute atomic E-state index is 0.483. The van der Waals surface area contributed by atoms with Crippen molar-refractivity contribution in [3.8, 4) is 0 Å². The summed E-state index contributed by atoms with van der Waals surface area (Å²) in [6.45, 7) is 8.91. The second kappa shape index (κ2) is 4.22. The highest BCUT2D eigenvalue weighted by Crippen LogP contribution is 2.01. The van der Waals surface area contributed by atoms with E-state index in [1.165, 1.54) is 10.8 Å².